The lowest BCUT2D eigenvalue weighted by atomic mass is 10.0. The lowest BCUT2D eigenvalue weighted by Crippen LogP contribution is -2.59. The van der Waals surface area contributed by atoms with Crippen molar-refractivity contribution in [1.29, 1.82) is 0 Å². The van der Waals surface area contributed by atoms with E-state index in [0.717, 1.165) is 38.5 Å². The number of nitrogens with zero attached hydrogens (tertiary/aromatic N) is 2. The number of rotatable bonds is 4. The van der Waals surface area contributed by atoms with Gasteiger partial charge in [-0.25, -0.2) is 9.52 Å². The maximum atomic E-state index is 13.7. The van der Waals surface area contributed by atoms with Gasteiger partial charge in [-0.3, -0.25) is 14.4 Å². The van der Waals surface area contributed by atoms with E-state index in [2.05, 4.69) is 15.4 Å². The molecule has 4 amide bonds. The van der Waals surface area contributed by atoms with Crippen molar-refractivity contribution in [2.75, 3.05) is 19.6 Å². The number of hydrogen-bond donors (Lipinski definition) is 3. The zero-order valence-corrected chi connectivity index (χ0v) is 25.3. The minimum Gasteiger partial charge on any atom is -0.444 e. The highest BCUT2D eigenvalue weighted by molar-refractivity contribution is 7.87. The number of hydrogen-bond acceptors (Lipinski definition) is 7. The Kier molecular flexibility index (Phi) is 9.67. The Morgan fingerprint density at radius 1 is 1.00 bits per heavy atom. The topological polar surface area (TPSA) is 154 Å². The molecule has 3 heterocycles. The largest absolute Gasteiger partial charge is 0.444 e. The number of amides is 4. The van der Waals surface area contributed by atoms with Gasteiger partial charge in [0.15, 0.2) is 0 Å². The third kappa shape index (κ3) is 7.79. The zero-order valence-electron chi connectivity index (χ0n) is 24.4. The van der Waals surface area contributed by atoms with Gasteiger partial charge < -0.3 is 20.3 Å². The van der Waals surface area contributed by atoms with Crippen molar-refractivity contribution < 1.29 is 32.3 Å². The van der Waals surface area contributed by atoms with Crippen LogP contribution in [-0.2, 0) is 29.3 Å². The van der Waals surface area contributed by atoms with Crippen LogP contribution >= 0.6 is 0 Å². The first-order valence-electron chi connectivity index (χ1n) is 14.9. The average molecular weight is 596 g/mol. The summed E-state index contributed by atoms with van der Waals surface area (Å²) in [7, 11) is -4.04. The molecule has 3 N–H and O–H groups in total. The molecule has 1 saturated carbocycles. The van der Waals surface area contributed by atoms with Crippen molar-refractivity contribution in [3.05, 3.63) is 12.2 Å². The van der Waals surface area contributed by atoms with Gasteiger partial charge in [0.2, 0.25) is 11.8 Å². The fourth-order valence-electron chi connectivity index (χ4n) is 5.92. The van der Waals surface area contributed by atoms with Crippen molar-refractivity contribution >= 4 is 34.0 Å². The molecule has 4 atom stereocenters. The van der Waals surface area contributed by atoms with Gasteiger partial charge in [-0.05, 0) is 72.1 Å². The monoisotopic (exact) mass is 595 g/mol. The van der Waals surface area contributed by atoms with E-state index < -0.39 is 51.3 Å². The molecule has 0 radical (unpaired) electrons. The Bertz CT molecular complexity index is 1140. The Hall–Kier alpha value is -2.67. The van der Waals surface area contributed by atoms with Crippen LogP contribution < -0.4 is 15.4 Å². The van der Waals surface area contributed by atoms with Crippen LogP contribution in [0.5, 0.6) is 0 Å². The SMILES string of the molecule is CC(C)(C)OC(=O)NC1CCCCC/C=C\C2CC2(C(=O)NS(=O)(=O)N2CCCCC2)NC(=O)C2CCCN2C1=O. The van der Waals surface area contributed by atoms with E-state index in [-0.39, 0.29) is 18.2 Å². The molecule has 4 aliphatic rings. The molecular formula is C28H45N5O7S. The maximum Gasteiger partial charge on any atom is 0.408 e. The van der Waals surface area contributed by atoms with E-state index >= 15 is 0 Å². The molecule has 0 aromatic carbocycles. The fourth-order valence-corrected chi connectivity index (χ4v) is 7.21. The molecule has 0 aromatic heterocycles. The molecular weight excluding hydrogens is 550 g/mol. The maximum absolute atomic E-state index is 13.7. The summed E-state index contributed by atoms with van der Waals surface area (Å²) in [5, 5.41) is 5.56. The van der Waals surface area contributed by atoms with Crippen LogP contribution in [0.25, 0.3) is 0 Å². The number of allylic oxidation sites excluding steroid dienone is 1. The highest BCUT2D eigenvalue weighted by atomic mass is 32.2. The van der Waals surface area contributed by atoms with Crippen LogP contribution in [-0.4, -0.2) is 84.3 Å². The van der Waals surface area contributed by atoms with Gasteiger partial charge in [-0.2, -0.15) is 12.7 Å². The number of nitrogens with one attached hydrogen (secondary N) is 3. The first-order chi connectivity index (χ1) is 19.3. The Balaban J connectivity index is 1.53. The lowest BCUT2D eigenvalue weighted by Gasteiger charge is -2.31. The highest BCUT2D eigenvalue weighted by Crippen LogP contribution is 2.45. The first kappa shape index (κ1) is 31.3. The van der Waals surface area contributed by atoms with Crippen LogP contribution in [0.1, 0.15) is 91.4 Å². The summed E-state index contributed by atoms with van der Waals surface area (Å²) in [6, 6.07) is -1.68. The Morgan fingerprint density at radius 3 is 2.41 bits per heavy atom. The number of carbonyl (C=O) groups is 4. The van der Waals surface area contributed by atoms with Crippen LogP contribution in [0.15, 0.2) is 12.2 Å². The van der Waals surface area contributed by atoms with Crippen LogP contribution in [0.3, 0.4) is 0 Å². The quantitative estimate of drug-likeness (QED) is 0.421. The van der Waals surface area contributed by atoms with Gasteiger partial charge in [0.25, 0.3) is 5.91 Å². The van der Waals surface area contributed by atoms with E-state index in [4.69, 9.17) is 4.74 Å². The van der Waals surface area contributed by atoms with E-state index in [1.54, 1.807) is 20.8 Å². The van der Waals surface area contributed by atoms with Crippen molar-refractivity contribution in [3.8, 4) is 0 Å². The standard InChI is InChI=1S/C28H45N5O7S/c1-27(2,3)40-26(37)29-21-14-9-6-4-5-8-13-20-19-28(20,30-23(34)22-15-12-18-33(22)24(21)35)25(36)31-41(38,39)32-16-10-7-11-17-32/h8,13,20-22H,4-7,9-12,14-19H2,1-3H3,(H,29,37)(H,30,34)(H,31,36)/b13-8-. The van der Waals surface area contributed by atoms with Gasteiger partial charge >= 0.3 is 16.3 Å². The van der Waals surface area contributed by atoms with Crippen LogP contribution in [0.4, 0.5) is 4.79 Å². The third-order valence-electron chi connectivity index (χ3n) is 8.20. The fraction of sp³-hybridized carbons (Fsp3) is 0.786. The summed E-state index contributed by atoms with van der Waals surface area (Å²) >= 11 is 0. The number of piperidine rings is 1. The zero-order chi connectivity index (χ0) is 29.8. The summed E-state index contributed by atoms with van der Waals surface area (Å²) in [5.74, 6) is -1.96. The number of fused-ring (bicyclic) bond motifs is 2. The second kappa shape index (κ2) is 12.7. The smallest absolute Gasteiger partial charge is 0.408 e. The lowest BCUT2D eigenvalue weighted by molar-refractivity contribution is -0.141. The molecule has 0 aromatic rings. The Morgan fingerprint density at radius 2 is 1.71 bits per heavy atom. The molecule has 230 valence electrons. The molecule has 1 aliphatic carbocycles. The minimum absolute atomic E-state index is 0.278. The van der Waals surface area contributed by atoms with E-state index in [9.17, 15) is 27.6 Å². The van der Waals surface area contributed by atoms with Crippen LogP contribution in [0, 0.1) is 5.92 Å². The minimum atomic E-state index is -4.04. The predicted molar refractivity (Wildman–Crippen MR) is 152 cm³/mol. The van der Waals surface area contributed by atoms with Gasteiger partial charge in [0, 0.05) is 25.6 Å². The van der Waals surface area contributed by atoms with Crippen molar-refractivity contribution in [1.82, 2.24) is 24.6 Å². The number of carbonyl (C=O) groups excluding carboxylic acids is 4. The summed E-state index contributed by atoms with van der Waals surface area (Å²) in [5.41, 5.74) is -2.13. The Labute approximate surface area is 243 Å². The summed E-state index contributed by atoms with van der Waals surface area (Å²) < 4.78 is 34.9. The molecule has 0 bridgehead atoms. The van der Waals surface area contributed by atoms with E-state index in [1.165, 1.54) is 9.21 Å². The molecule has 4 unspecified atom stereocenters. The predicted octanol–water partition coefficient (Wildman–Crippen LogP) is 2.11. The summed E-state index contributed by atoms with van der Waals surface area (Å²) in [4.78, 5) is 54.8. The van der Waals surface area contributed by atoms with Crippen molar-refractivity contribution in [2.24, 2.45) is 5.92 Å². The molecule has 0 spiro atoms. The van der Waals surface area contributed by atoms with Crippen molar-refractivity contribution in [2.45, 2.75) is 115 Å². The van der Waals surface area contributed by atoms with Gasteiger partial charge in [0.05, 0.1) is 0 Å². The second-order valence-corrected chi connectivity index (χ2v) is 14.3. The van der Waals surface area contributed by atoms with Crippen LogP contribution in [0.2, 0.25) is 0 Å². The van der Waals surface area contributed by atoms with Gasteiger partial charge in [-0.15, -0.1) is 0 Å². The first-order valence-corrected chi connectivity index (χ1v) is 16.4. The molecule has 2 saturated heterocycles. The average Bonchev–Trinajstić information content (AvgIpc) is 3.36. The van der Waals surface area contributed by atoms with Gasteiger partial charge in [0.1, 0.15) is 23.2 Å². The highest BCUT2D eigenvalue weighted by Gasteiger charge is 2.61. The normalized spacial score (nSPS) is 31.0. The summed E-state index contributed by atoms with van der Waals surface area (Å²) in [6.45, 7) is 6.28. The van der Waals surface area contributed by atoms with Gasteiger partial charge in [-0.1, -0.05) is 31.4 Å². The van der Waals surface area contributed by atoms with E-state index in [0.29, 0.717) is 45.3 Å². The second-order valence-electron chi connectivity index (χ2n) is 12.6. The molecule has 41 heavy (non-hydrogen) atoms. The number of alkyl carbamates (subject to hydrolysis) is 1. The van der Waals surface area contributed by atoms with Crippen molar-refractivity contribution in [3.63, 3.8) is 0 Å². The summed E-state index contributed by atoms with van der Waals surface area (Å²) in [6.07, 6.45) is 10.4. The molecule has 4 rings (SSSR count). The molecule has 3 fully saturated rings. The van der Waals surface area contributed by atoms with E-state index in [1.807, 2.05) is 12.2 Å². The number of ether oxygens (including phenoxy) is 1. The molecule has 12 nitrogen and oxygen atoms in total. The third-order valence-corrected chi connectivity index (χ3v) is 9.69. The molecule has 13 heteroatoms. The molecule has 3 aliphatic heterocycles.